The lowest BCUT2D eigenvalue weighted by Gasteiger charge is -2.30. The van der Waals surface area contributed by atoms with E-state index in [1.807, 2.05) is 0 Å². The van der Waals surface area contributed by atoms with Crippen molar-refractivity contribution in [3.63, 3.8) is 0 Å². The summed E-state index contributed by atoms with van der Waals surface area (Å²) >= 11 is 0. The van der Waals surface area contributed by atoms with E-state index in [-0.39, 0.29) is 0 Å². The molecule has 0 heterocycles. The largest absolute Gasteiger partial charge is 0.311 e. The van der Waals surface area contributed by atoms with Crippen molar-refractivity contribution in [3.05, 3.63) is 277 Å². The van der Waals surface area contributed by atoms with Gasteiger partial charge in [-0.2, -0.15) is 0 Å². The fourth-order valence-corrected chi connectivity index (χ4v) is 9.12. The topological polar surface area (TPSA) is 13.0 Å². The molecule has 10 aromatic carbocycles. The lowest BCUT2D eigenvalue weighted by atomic mass is 10.0. The van der Waals surface area contributed by atoms with Crippen LogP contribution in [0, 0.1) is 27.7 Å². The first-order chi connectivity index (χ1) is 33.3. The second kappa shape index (κ2) is 19.5. The van der Waals surface area contributed by atoms with E-state index in [9.17, 15) is 0 Å². The molecule has 0 bridgehead atoms. The molecule has 0 spiro atoms. The Morgan fingerprint density at radius 2 is 0.368 bits per heavy atom. The summed E-state index contributed by atoms with van der Waals surface area (Å²) in [7, 11) is 0. The molecule has 0 unspecified atom stereocenters. The predicted octanol–water partition coefficient (Wildman–Crippen LogP) is 18.5. The maximum absolute atomic E-state index is 2.35. The van der Waals surface area contributed by atoms with Crippen molar-refractivity contribution in [3.8, 4) is 11.1 Å². The fraction of sp³-hybridized carbons (Fsp3) is 0.0625. The summed E-state index contributed by atoms with van der Waals surface area (Å²) in [6.45, 7) is 8.60. The third-order valence-corrected chi connectivity index (χ3v) is 12.4. The number of rotatable bonds is 13. The van der Waals surface area contributed by atoms with Crippen molar-refractivity contribution in [1.82, 2.24) is 0 Å². The van der Waals surface area contributed by atoms with Crippen LogP contribution in [0.2, 0.25) is 0 Å². The Balaban J connectivity index is 1.02. The molecule has 0 amide bonds. The second-order valence-corrected chi connectivity index (χ2v) is 17.5. The standard InChI is InChI=1S/C64H54N4/c1-47-15-11-23-61(43-47)67(62-24-12-16-48(2)44-62)59-39-35-57(36-40-59)66(58-37-41-60(42-38-58)68(63-25-13-17-49(3)45-63)64-26-14-18-50(4)46-64)56-33-29-52(30-34-56)51-27-31-55(32-28-51)65(53-19-7-5-8-20-53)54-21-9-6-10-22-54/h5-46H,1-4H3. The number of nitrogens with zero attached hydrogens (tertiary/aromatic N) is 4. The lowest BCUT2D eigenvalue weighted by Crippen LogP contribution is -2.13. The first kappa shape index (κ1) is 43.3. The first-order valence-electron chi connectivity index (χ1n) is 23.3. The maximum atomic E-state index is 2.35. The van der Waals surface area contributed by atoms with E-state index in [1.54, 1.807) is 0 Å². The van der Waals surface area contributed by atoms with E-state index in [0.717, 1.165) is 79.4 Å². The quantitative estimate of drug-likeness (QED) is 0.114. The van der Waals surface area contributed by atoms with Gasteiger partial charge in [0.2, 0.25) is 0 Å². The Morgan fingerprint density at radius 1 is 0.176 bits per heavy atom. The monoisotopic (exact) mass is 878 g/mol. The third kappa shape index (κ3) is 9.40. The van der Waals surface area contributed by atoms with Gasteiger partial charge in [0.05, 0.1) is 0 Å². The molecule has 0 radical (unpaired) electrons. The number of aryl methyl sites for hydroxylation is 4. The van der Waals surface area contributed by atoms with Crippen LogP contribution in [0.25, 0.3) is 11.1 Å². The van der Waals surface area contributed by atoms with Crippen LogP contribution in [0.1, 0.15) is 22.3 Å². The Hall–Kier alpha value is -8.60. The Morgan fingerprint density at radius 3 is 0.603 bits per heavy atom. The summed E-state index contributed by atoms with van der Waals surface area (Å²) in [5.41, 5.74) is 20.4. The van der Waals surface area contributed by atoms with Gasteiger partial charge >= 0.3 is 0 Å². The van der Waals surface area contributed by atoms with Gasteiger partial charge in [0, 0.05) is 68.2 Å². The zero-order chi connectivity index (χ0) is 46.4. The molecule has 0 saturated carbocycles. The summed E-state index contributed by atoms with van der Waals surface area (Å²) < 4.78 is 0. The SMILES string of the molecule is Cc1cccc(N(c2ccc(N(c3ccc(-c4ccc(N(c5ccccc5)c5ccccc5)cc4)cc3)c3ccc(N(c4cccc(C)c4)c4cccc(C)c4)cc3)cc2)c2cccc(C)c2)c1. The molecule has 0 aliphatic heterocycles. The molecule has 0 fully saturated rings. The fourth-order valence-electron chi connectivity index (χ4n) is 9.12. The molecule has 4 nitrogen and oxygen atoms in total. The minimum Gasteiger partial charge on any atom is -0.311 e. The molecule has 0 aromatic heterocycles. The first-order valence-corrected chi connectivity index (χ1v) is 23.3. The van der Waals surface area contributed by atoms with Gasteiger partial charge in [-0.15, -0.1) is 0 Å². The number of hydrogen-bond donors (Lipinski definition) is 0. The molecule has 0 aliphatic rings. The summed E-state index contributed by atoms with van der Waals surface area (Å²) in [6.07, 6.45) is 0. The summed E-state index contributed by atoms with van der Waals surface area (Å²) in [6, 6.07) is 91.7. The maximum Gasteiger partial charge on any atom is 0.0464 e. The van der Waals surface area contributed by atoms with Crippen molar-refractivity contribution < 1.29 is 0 Å². The van der Waals surface area contributed by atoms with Gasteiger partial charge < -0.3 is 19.6 Å². The van der Waals surface area contributed by atoms with Gasteiger partial charge in [0.1, 0.15) is 0 Å². The molecule has 0 aliphatic carbocycles. The molecule has 0 atom stereocenters. The lowest BCUT2D eigenvalue weighted by molar-refractivity contribution is 1.23. The molecular formula is C64H54N4. The van der Waals surface area contributed by atoms with Crippen molar-refractivity contribution >= 4 is 68.2 Å². The van der Waals surface area contributed by atoms with Gasteiger partial charge in [0.15, 0.2) is 0 Å². The molecule has 4 heteroatoms. The second-order valence-electron chi connectivity index (χ2n) is 17.5. The van der Waals surface area contributed by atoms with Gasteiger partial charge in [-0.1, -0.05) is 109 Å². The van der Waals surface area contributed by atoms with E-state index < -0.39 is 0 Å². The molecular weight excluding hydrogens is 825 g/mol. The van der Waals surface area contributed by atoms with Crippen LogP contribution in [-0.2, 0) is 0 Å². The van der Waals surface area contributed by atoms with Crippen LogP contribution in [0.5, 0.6) is 0 Å². The van der Waals surface area contributed by atoms with Crippen molar-refractivity contribution in [1.29, 1.82) is 0 Å². The normalized spacial score (nSPS) is 10.9. The zero-order valence-electron chi connectivity index (χ0n) is 39.0. The van der Waals surface area contributed by atoms with E-state index >= 15 is 0 Å². The Kier molecular flexibility index (Phi) is 12.4. The Bertz CT molecular complexity index is 2990. The van der Waals surface area contributed by atoms with Crippen LogP contribution >= 0.6 is 0 Å². The molecule has 10 rings (SSSR count). The average molecular weight is 879 g/mol. The summed E-state index contributed by atoms with van der Waals surface area (Å²) in [5.74, 6) is 0. The minimum atomic E-state index is 1.06. The molecule has 10 aromatic rings. The predicted molar refractivity (Wildman–Crippen MR) is 290 cm³/mol. The number of hydrogen-bond acceptors (Lipinski definition) is 4. The number of para-hydroxylation sites is 2. The van der Waals surface area contributed by atoms with E-state index in [2.05, 4.69) is 302 Å². The van der Waals surface area contributed by atoms with Crippen LogP contribution in [0.15, 0.2) is 255 Å². The summed E-state index contributed by atoms with van der Waals surface area (Å²) in [4.78, 5) is 9.33. The number of benzene rings is 10. The smallest absolute Gasteiger partial charge is 0.0464 e. The molecule has 330 valence electrons. The van der Waals surface area contributed by atoms with Crippen LogP contribution in [0.4, 0.5) is 68.2 Å². The van der Waals surface area contributed by atoms with E-state index in [1.165, 1.54) is 22.3 Å². The van der Waals surface area contributed by atoms with Crippen LogP contribution in [0.3, 0.4) is 0 Å². The molecule has 0 saturated heterocycles. The van der Waals surface area contributed by atoms with Gasteiger partial charge in [-0.25, -0.2) is 0 Å². The summed E-state index contributed by atoms with van der Waals surface area (Å²) in [5, 5.41) is 0. The van der Waals surface area contributed by atoms with Crippen molar-refractivity contribution in [2.45, 2.75) is 27.7 Å². The number of anilines is 12. The average Bonchev–Trinajstić information content (AvgIpc) is 3.37. The minimum absolute atomic E-state index is 1.06. The van der Waals surface area contributed by atoms with Gasteiger partial charge in [-0.3, -0.25) is 0 Å². The van der Waals surface area contributed by atoms with Crippen LogP contribution in [-0.4, -0.2) is 0 Å². The van der Waals surface area contributed by atoms with Gasteiger partial charge in [-0.05, 0) is 207 Å². The molecule has 68 heavy (non-hydrogen) atoms. The molecule has 0 N–H and O–H groups in total. The van der Waals surface area contributed by atoms with Gasteiger partial charge in [0.25, 0.3) is 0 Å². The van der Waals surface area contributed by atoms with Crippen LogP contribution < -0.4 is 19.6 Å². The zero-order valence-corrected chi connectivity index (χ0v) is 39.0. The van der Waals surface area contributed by atoms with Crippen molar-refractivity contribution in [2.24, 2.45) is 0 Å². The highest BCUT2D eigenvalue weighted by Gasteiger charge is 2.19. The van der Waals surface area contributed by atoms with E-state index in [0.29, 0.717) is 0 Å². The highest BCUT2D eigenvalue weighted by Crippen LogP contribution is 2.43. The highest BCUT2D eigenvalue weighted by atomic mass is 15.2. The third-order valence-electron chi connectivity index (χ3n) is 12.4. The van der Waals surface area contributed by atoms with Crippen molar-refractivity contribution in [2.75, 3.05) is 19.6 Å². The van der Waals surface area contributed by atoms with E-state index in [4.69, 9.17) is 0 Å². The Labute approximate surface area is 401 Å². The highest BCUT2D eigenvalue weighted by molar-refractivity contribution is 5.85.